The van der Waals surface area contributed by atoms with E-state index >= 15 is 0 Å². The molecule has 0 heterocycles. The molecule has 0 aliphatic heterocycles. The summed E-state index contributed by atoms with van der Waals surface area (Å²) in [5, 5.41) is 5.34. The van der Waals surface area contributed by atoms with Crippen molar-refractivity contribution >= 4 is 12.0 Å². The zero-order valence-electron chi connectivity index (χ0n) is 13.6. The van der Waals surface area contributed by atoms with E-state index in [9.17, 15) is 9.59 Å². The van der Waals surface area contributed by atoms with E-state index in [0.717, 1.165) is 5.56 Å². The first kappa shape index (κ1) is 17.8. The third kappa shape index (κ3) is 6.92. The van der Waals surface area contributed by atoms with Gasteiger partial charge in [0, 0.05) is 6.54 Å². The van der Waals surface area contributed by atoms with Gasteiger partial charge in [0.1, 0.15) is 11.6 Å². The van der Waals surface area contributed by atoms with Gasteiger partial charge in [-0.1, -0.05) is 42.5 Å². The van der Waals surface area contributed by atoms with Gasteiger partial charge in [-0.15, -0.1) is 0 Å². The van der Waals surface area contributed by atoms with Gasteiger partial charge < -0.3 is 15.4 Å². The zero-order valence-corrected chi connectivity index (χ0v) is 13.6. The molecule has 120 valence electrons. The summed E-state index contributed by atoms with van der Waals surface area (Å²) in [6.07, 6.45) is 2.71. The third-order valence-electron chi connectivity index (χ3n) is 2.65. The van der Waals surface area contributed by atoms with Crippen LogP contribution in [0.4, 0.5) is 4.79 Å². The van der Waals surface area contributed by atoms with Crippen LogP contribution in [-0.2, 0) is 16.1 Å². The topological polar surface area (TPSA) is 67.4 Å². The quantitative estimate of drug-likeness (QED) is 0.822. The SMILES string of the molecule is C/C=C\C(NC(=O)OC(C)(C)C)C(=O)NCc1ccccc1. The molecule has 5 heteroatoms. The van der Waals surface area contributed by atoms with Crippen LogP contribution in [0.25, 0.3) is 0 Å². The van der Waals surface area contributed by atoms with Crippen LogP contribution in [-0.4, -0.2) is 23.6 Å². The Morgan fingerprint density at radius 2 is 1.86 bits per heavy atom. The minimum atomic E-state index is -0.761. The predicted molar refractivity (Wildman–Crippen MR) is 86.3 cm³/mol. The summed E-state index contributed by atoms with van der Waals surface area (Å²) in [6, 6.07) is 8.81. The highest BCUT2D eigenvalue weighted by atomic mass is 16.6. The van der Waals surface area contributed by atoms with Crippen molar-refractivity contribution in [3.05, 3.63) is 48.0 Å². The summed E-state index contributed by atoms with van der Waals surface area (Å²) in [4.78, 5) is 24.0. The van der Waals surface area contributed by atoms with Crippen molar-refractivity contribution in [1.82, 2.24) is 10.6 Å². The molecule has 0 aliphatic carbocycles. The fraction of sp³-hybridized carbons (Fsp3) is 0.412. The number of alkyl carbamates (subject to hydrolysis) is 1. The average Bonchev–Trinajstić information content (AvgIpc) is 2.43. The van der Waals surface area contributed by atoms with Crippen LogP contribution in [0.5, 0.6) is 0 Å². The summed E-state index contributed by atoms with van der Waals surface area (Å²) < 4.78 is 5.16. The predicted octanol–water partition coefficient (Wildman–Crippen LogP) is 2.77. The molecule has 1 atom stereocenters. The van der Waals surface area contributed by atoms with Gasteiger partial charge in [0.15, 0.2) is 0 Å². The van der Waals surface area contributed by atoms with Gasteiger partial charge in [-0.05, 0) is 33.3 Å². The van der Waals surface area contributed by atoms with Gasteiger partial charge in [-0.2, -0.15) is 0 Å². The lowest BCUT2D eigenvalue weighted by Crippen LogP contribution is -2.46. The Balaban J connectivity index is 2.58. The fourth-order valence-electron chi connectivity index (χ4n) is 1.72. The summed E-state index contributed by atoms with van der Waals surface area (Å²) in [7, 11) is 0. The van der Waals surface area contributed by atoms with Crippen molar-refractivity contribution in [3.63, 3.8) is 0 Å². The van der Waals surface area contributed by atoms with Crippen LogP contribution < -0.4 is 10.6 Å². The summed E-state index contributed by atoms with van der Waals surface area (Å²) in [5.41, 5.74) is 0.387. The molecule has 0 saturated carbocycles. The van der Waals surface area contributed by atoms with Gasteiger partial charge in [0.05, 0.1) is 0 Å². The monoisotopic (exact) mass is 304 g/mol. The smallest absolute Gasteiger partial charge is 0.408 e. The number of amides is 2. The number of ether oxygens (including phenoxy) is 1. The molecular formula is C17H24N2O3. The number of nitrogens with one attached hydrogen (secondary N) is 2. The van der Waals surface area contributed by atoms with E-state index in [1.165, 1.54) is 0 Å². The Morgan fingerprint density at radius 1 is 1.23 bits per heavy atom. The molecular weight excluding hydrogens is 280 g/mol. The lowest BCUT2D eigenvalue weighted by atomic mass is 10.2. The molecule has 1 rings (SSSR count). The fourth-order valence-corrected chi connectivity index (χ4v) is 1.72. The molecule has 2 N–H and O–H groups in total. The maximum atomic E-state index is 12.2. The van der Waals surface area contributed by atoms with Gasteiger partial charge in [0.2, 0.25) is 5.91 Å². The number of hydrogen-bond acceptors (Lipinski definition) is 3. The first-order valence-corrected chi connectivity index (χ1v) is 7.26. The summed E-state index contributed by atoms with van der Waals surface area (Å²) in [6.45, 7) is 7.50. The number of carbonyl (C=O) groups is 2. The molecule has 0 aromatic heterocycles. The van der Waals surface area contributed by atoms with Crippen LogP contribution in [0.15, 0.2) is 42.5 Å². The average molecular weight is 304 g/mol. The van der Waals surface area contributed by atoms with Gasteiger partial charge in [0.25, 0.3) is 0 Å². The Kier molecular flexibility index (Phi) is 6.63. The number of carbonyl (C=O) groups excluding carboxylic acids is 2. The molecule has 5 nitrogen and oxygen atoms in total. The van der Waals surface area contributed by atoms with Crippen molar-refractivity contribution < 1.29 is 14.3 Å². The van der Waals surface area contributed by atoms with Gasteiger partial charge in [-0.25, -0.2) is 4.79 Å². The maximum Gasteiger partial charge on any atom is 0.408 e. The Morgan fingerprint density at radius 3 is 2.41 bits per heavy atom. The second kappa shape index (κ2) is 8.22. The van der Waals surface area contributed by atoms with Crippen LogP contribution in [0.1, 0.15) is 33.3 Å². The molecule has 0 radical (unpaired) electrons. The van der Waals surface area contributed by atoms with E-state index in [1.807, 2.05) is 30.3 Å². The van der Waals surface area contributed by atoms with Crippen LogP contribution in [0.3, 0.4) is 0 Å². The molecule has 22 heavy (non-hydrogen) atoms. The molecule has 1 aromatic rings. The molecule has 0 fully saturated rings. The highest BCUT2D eigenvalue weighted by Crippen LogP contribution is 2.07. The lowest BCUT2D eigenvalue weighted by Gasteiger charge is -2.22. The minimum absolute atomic E-state index is 0.284. The van der Waals surface area contributed by atoms with Gasteiger partial charge in [-0.3, -0.25) is 4.79 Å². The normalized spacial score (nSPS) is 12.7. The lowest BCUT2D eigenvalue weighted by molar-refractivity contribution is -0.122. The molecule has 2 amide bonds. The van der Waals surface area contributed by atoms with Crippen molar-refractivity contribution in [3.8, 4) is 0 Å². The van der Waals surface area contributed by atoms with Crippen molar-refractivity contribution in [1.29, 1.82) is 0 Å². The molecule has 0 aliphatic rings. The maximum absolute atomic E-state index is 12.2. The molecule has 0 bridgehead atoms. The summed E-state index contributed by atoms with van der Waals surface area (Å²) in [5.74, 6) is -0.284. The van der Waals surface area contributed by atoms with E-state index < -0.39 is 17.7 Å². The Bertz CT molecular complexity index is 518. The second-order valence-corrected chi connectivity index (χ2v) is 5.85. The second-order valence-electron chi connectivity index (χ2n) is 5.85. The minimum Gasteiger partial charge on any atom is -0.444 e. The highest BCUT2D eigenvalue weighted by molar-refractivity contribution is 5.87. The zero-order chi connectivity index (χ0) is 16.6. The number of rotatable bonds is 5. The largest absolute Gasteiger partial charge is 0.444 e. The van der Waals surface area contributed by atoms with Crippen molar-refractivity contribution in [2.45, 2.75) is 45.9 Å². The number of allylic oxidation sites excluding steroid dienone is 1. The van der Waals surface area contributed by atoms with E-state index in [-0.39, 0.29) is 5.91 Å². The highest BCUT2D eigenvalue weighted by Gasteiger charge is 2.22. The standard InChI is InChI=1S/C17H24N2O3/c1-5-9-14(19-16(21)22-17(2,3)4)15(20)18-12-13-10-7-6-8-11-13/h5-11,14H,12H2,1-4H3,(H,18,20)(H,19,21)/b9-5-. The summed E-state index contributed by atoms with van der Waals surface area (Å²) >= 11 is 0. The Labute approximate surface area is 131 Å². The van der Waals surface area contributed by atoms with E-state index in [2.05, 4.69) is 10.6 Å². The number of benzene rings is 1. The first-order valence-electron chi connectivity index (χ1n) is 7.26. The van der Waals surface area contributed by atoms with Crippen molar-refractivity contribution in [2.24, 2.45) is 0 Å². The first-order chi connectivity index (χ1) is 10.3. The van der Waals surface area contributed by atoms with Gasteiger partial charge >= 0.3 is 6.09 Å². The molecule has 0 saturated heterocycles. The molecule has 1 aromatic carbocycles. The van der Waals surface area contributed by atoms with Crippen LogP contribution in [0.2, 0.25) is 0 Å². The molecule has 1 unspecified atom stereocenters. The van der Waals surface area contributed by atoms with E-state index in [0.29, 0.717) is 6.54 Å². The third-order valence-corrected chi connectivity index (χ3v) is 2.65. The molecule has 0 spiro atoms. The van der Waals surface area contributed by atoms with Crippen molar-refractivity contribution in [2.75, 3.05) is 0 Å². The van der Waals surface area contributed by atoms with E-state index in [1.54, 1.807) is 39.8 Å². The van der Waals surface area contributed by atoms with E-state index in [4.69, 9.17) is 4.74 Å². The Hall–Kier alpha value is -2.30. The number of hydrogen-bond donors (Lipinski definition) is 2. The van der Waals surface area contributed by atoms with Crippen LogP contribution in [0, 0.1) is 0 Å². The van der Waals surface area contributed by atoms with Crippen LogP contribution >= 0.6 is 0 Å².